The van der Waals surface area contributed by atoms with E-state index in [1.54, 1.807) is 18.5 Å². The molecule has 0 bridgehead atoms. The summed E-state index contributed by atoms with van der Waals surface area (Å²) in [7, 11) is 1.36. The van der Waals surface area contributed by atoms with Crippen molar-refractivity contribution >= 4 is 5.97 Å². The van der Waals surface area contributed by atoms with Crippen LogP contribution < -0.4 is 5.73 Å². The van der Waals surface area contributed by atoms with Crippen LogP contribution in [0.2, 0.25) is 0 Å². The highest BCUT2D eigenvalue weighted by molar-refractivity contribution is 5.83. The van der Waals surface area contributed by atoms with Gasteiger partial charge in [0.1, 0.15) is 5.54 Å². The molecule has 74 valence electrons. The van der Waals surface area contributed by atoms with E-state index in [0.29, 0.717) is 6.42 Å². The monoisotopic (exact) mass is 192 g/mol. The van der Waals surface area contributed by atoms with Crippen LogP contribution in [0.1, 0.15) is 17.5 Å². The Kier molecular flexibility index (Phi) is 2.00. The first-order valence-corrected chi connectivity index (χ1v) is 4.49. The molecule has 2 rings (SSSR count). The third kappa shape index (κ3) is 1.11. The maximum atomic E-state index is 11.5. The smallest absolute Gasteiger partial charge is 0.330 e. The quantitative estimate of drug-likeness (QED) is 0.652. The lowest BCUT2D eigenvalue weighted by Crippen LogP contribution is -2.43. The minimum atomic E-state index is -0.965. The Morgan fingerprint density at radius 1 is 1.71 bits per heavy atom. The normalized spacial score (nSPS) is 24.4. The predicted molar refractivity (Wildman–Crippen MR) is 50.4 cm³/mol. The second-order valence-electron chi connectivity index (χ2n) is 3.50. The molecule has 0 fully saturated rings. The number of hydrogen-bond acceptors (Lipinski definition) is 4. The van der Waals surface area contributed by atoms with Gasteiger partial charge in [-0.25, -0.2) is 4.79 Å². The number of nitrogens with zero attached hydrogens (tertiary/aromatic N) is 1. The summed E-state index contributed by atoms with van der Waals surface area (Å²) in [6.45, 7) is 0. The van der Waals surface area contributed by atoms with Crippen molar-refractivity contribution in [2.75, 3.05) is 7.11 Å². The molecule has 1 aromatic rings. The zero-order valence-corrected chi connectivity index (χ0v) is 7.99. The van der Waals surface area contributed by atoms with Gasteiger partial charge in [-0.2, -0.15) is 0 Å². The van der Waals surface area contributed by atoms with Crippen molar-refractivity contribution < 1.29 is 9.53 Å². The first-order valence-electron chi connectivity index (χ1n) is 4.49. The van der Waals surface area contributed by atoms with E-state index in [2.05, 4.69) is 4.98 Å². The van der Waals surface area contributed by atoms with Crippen molar-refractivity contribution in [3.63, 3.8) is 0 Å². The van der Waals surface area contributed by atoms with Gasteiger partial charge >= 0.3 is 5.97 Å². The van der Waals surface area contributed by atoms with E-state index in [1.165, 1.54) is 7.11 Å². The summed E-state index contributed by atoms with van der Waals surface area (Å²) in [6, 6.07) is 1.79. The Balaban J connectivity index is 2.47. The van der Waals surface area contributed by atoms with Crippen molar-refractivity contribution in [3.05, 3.63) is 29.6 Å². The molecule has 0 saturated heterocycles. The van der Waals surface area contributed by atoms with Crippen LogP contribution in [0.25, 0.3) is 0 Å². The Hall–Kier alpha value is -1.42. The van der Waals surface area contributed by atoms with Crippen LogP contribution in [0.15, 0.2) is 18.5 Å². The molecule has 14 heavy (non-hydrogen) atoms. The number of nitrogens with two attached hydrogens (primary N) is 1. The number of fused-ring (bicyclic) bond motifs is 1. The molecule has 0 saturated carbocycles. The van der Waals surface area contributed by atoms with E-state index in [0.717, 1.165) is 17.5 Å². The fourth-order valence-corrected chi connectivity index (χ4v) is 1.92. The number of ether oxygens (including phenoxy) is 1. The van der Waals surface area contributed by atoms with Crippen LogP contribution in [0.5, 0.6) is 0 Å². The standard InChI is InChI=1S/C10H12N2O2/c1-14-9(13)10(11)4-2-7-6-12-5-3-8(7)10/h3,5-6H,2,4,11H2,1H3. The van der Waals surface area contributed by atoms with Gasteiger partial charge in [-0.1, -0.05) is 0 Å². The van der Waals surface area contributed by atoms with Gasteiger partial charge in [-0.15, -0.1) is 0 Å². The Morgan fingerprint density at radius 3 is 3.21 bits per heavy atom. The van der Waals surface area contributed by atoms with E-state index in [4.69, 9.17) is 10.5 Å². The summed E-state index contributed by atoms with van der Waals surface area (Å²) in [4.78, 5) is 15.5. The number of hydrogen-bond donors (Lipinski definition) is 1. The van der Waals surface area contributed by atoms with Crippen molar-refractivity contribution in [2.24, 2.45) is 5.73 Å². The Labute approximate surface area is 82.1 Å². The molecule has 1 atom stereocenters. The predicted octanol–water partition coefficient (Wildman–Crippen LogP) is 0.355. The van der Waals surface area contributed by atoms with Gasteiger partial charge in [0.05, 0.1) is 7.11 Å². The molecule has 0 spiro atoms. The number of esters is 1. The molecule has 1 aliphatic carbocycles. The number of aromatic nitrogens is 1. The van der Waals surface area contributed by atoms with Gasteiger partial charge in [0.15, 0.2) is 0 Å². The molecular formula is C10H12N2O2. The minimum absolute atomic E-state index is 0.373. The number of methoxy groups -OCH3 is 1. The SMILES string of the molecule is COC(=O)C1(N)CCc2cnccc21. The molecule has 0 aromatic carbocycles. The third-order valence-corrected chi connectivity index (χ3v) is 2.72. The van der Waals surface area contributed by atoms with Gasteiger partial charge in [-0.3, -0.25) is 4.98 Å². The average molecular weight is 192 g/mol. The van der Waals surface area contributed by atoms with Crippen LogP contribution in [-0.4, -0.2) is 18.1 Å². The van der Waals surface area contributed by atoms with Gasteiger partial charge in [0.25, 0.3) is 0 Å². The van der Waals surface area contributed by atoms with Crippen molar-refractivity contribution in [1.29, 1.82) is 0 Å². The summed E-state index contributed by atoms with van der Waals surface area (Å²) in [6.07, 6.45) is 4.79. The molecule has 1 aromatic heterocycles. The highest BCUT2D eigenvalue weighted by Gasteiger charge is 2.42. The highest BCUT2D eigenvalue weighted by atomic mass is 16.5. The number of carbonyl (C=O) groups excluding carboxylic acids is 1. The lowest BCUT2D eigenvalue weighted by molar-refractivity contribution is -0.147. The maximum Gasteiger partial charge on any atom is 0.330 e. The average Bonchev–Trinajstić information content (AvgIpc) is 2.58. The molecule has 4 nitrogen and oxygen atoms in total. The van der Waals surface area contributed by atoms with E-state index in [1.807, 2.05) is 0 Å². The fourth-order valence-electron chi connectivity index (χ4n) is 1.92. The van der Waals surface area contributed by atoms with E-state index in [9.17, 15) is 4.79 Å². The number of pyridine rings is 1. The zero-order valence-electron chi connectivity index (χ0n) is 7.99. The molecule has 1 aliphatic rings. The highest BCUT2D eigenvalue weighted by Crippen LogP contribution is 2.34. The summed E-state index contributed by atoms with van der Waals surface area (Å²) in [5, 5.41) is 0. The summed E-state index contributed by atoms with van der Waals surface area (Å²) < 4.78 is 4.71. The van der Waals surface area contributed by atoms with Crippen molar-refractivity contribution in [1.82, 2.24) is 4.98 Å². The summed E-state index contributed by atoms with van der Waals surface area (Å²) in [5.74, 6) is -0.373. The second kappa shape index (κ2) is 3.06. The fraction of sp³-hybridized carbons (Fsp3) is 0.400. The topological polar surface area (TPSA) is 65.2 Å². The first kappa shape index (κ1) is 9.15. The Bertz CT molecular complexity index is 378. The molecular weight excluding hydrogens is 180 g/mol. The lowest BCUT2D eigenvalue weighted by atomic mass is 9.94. The lowest BCUT2D eigenvalue weighted by Gasteiger charge is -2.21. The van der Waals surface area contributed by atoms with Gasteiger partial charge in [0, 0.05) is 12.4 Å². The van der Waals surface area contributed by atoms with E-state index >= 15 is 0 Å². The van der Waals surface area contributed by atoms with E-state index in [-0.39, 0.29) is 5.97 Å². The van der Waals surface area contributed by atoms with E-state index < -0.39 is 5.54 Å². The number of carbonyl (C=O) groups is 1. The second-order valence-corrected chi connectivity index (χ2v) is 3.50. The van der Waals surface area contributed by atoms with Crippen LogP contribution >= 0.6 is 0 Å². The first-order chi connectivity index (χ1) is 6.68. The van der Waals surface area contributed by atoms with Crippen LogP contribution in [-0.2, 0) is 21.5 Å². The third-order valence-electron chi connectivity index (χ3n) is 2.72. The molecule has 2 N–H and O–H groups in total. The van der Waals surface area contributed by atoms with Crippen LogP contribution in [0.3, 0.4) is 0 Å². The van der Waals surface area contributed by atoms with Crippen LogP contribution in [0.4, 0.5) is 0 Å². The molecule has 0 radical (unpaired) electrons. The summed E-state index contributed by atoms with van der Waals surface area (Å²) >= 11 is 0. The van der Waals surface area contributed by atoms with Gasteiger partial charge in [-0.05, 0) is 30.0 Å². The number of rotatable bonds is 1. The maximum absolute atomic E-state index is 11.5. The number of aryl methyl sites for hydroxylation is 1. The summed E-state index contributed by atoms with van der Waals surface area (Å²) in [5.41, 5.74) is 6.95. The molecule has 4 heteroatoms. The van der Waals surface area contributed by atoms with Crippen molar-refractivity contribution in [3.8, 4) is 0 Å². The van der Waals surface area contributed by atoms with Gasteiger partial charge < -0.3 is 10.5 Å². The van der Waals surface area contributed by atoms with Crippen molar-refractivity contribution in [2.45, 2.75) is 18.4 Å². The molecule has 0 aliphatic heterocycles. The molecule has 1 unspecified atom stereocenters. The molecule has 1 heterocycles. The Morgan fingerprint density at radius 2 is 2.50 bits per heavy atom. The minimum Gasteiger partial charge on any atom is -0.467 e. The largest absolute Gasteiger partial charge is 0.467 e. The zero-order chi connectivity index (χ0) is 10.2. The van der Waals surface area contributed by atoms with Crippen LogP contribution in [0, 0.1) is 0 Å². The molecule has 0 amide bonds. The van der Waals surface area contributed by atoms with Gasteiger partial charge in [0.2, 0.25) is 0 Å².